The van der Waals surface area contributed by atoms with Gasteiger partial charge in [-0.15, -0.1) is 0 Å². The van der Waals surface area contributed by atoms with E-state index in [-0.39, 0.29) is 18.7 Å². The van der Waals surface area contributed by atoms with Gasteiger partial charge in [0.15, 0.2) is 17.0 Å². The first-order chi connectivity index (χ1) is 15.0. The number of fused-ring (bicyclic) bond motifs is 1. The fourth-order valence-corrected chi connectivity index (χ4v) is 3.62. The van der Waals surface area contributed by atoms with Crippen molar-refractivity contribution in [1.29, 1.82) is 0 Å². The van der Waals surface area contributed by atoms with Crippen LogP contribution in [0.25, 0.3) is 11.2 Å². The third-order valence-corrected chi connectivity index (χ3v) is 5.49. The maximum absolute atomic E-state index is 12.2. The number of nitrogens with two attached hydrogens (primary N) is 1. The molecule has 2 heterocycles. The van der Waals surface area contributed by atoms with Gasteiger partial charge in [0, 0.05) is 7.05 Å². The van der Waals surface area contributed by atoms with Crippen LogP contribution in [0.15, 0.2) is 6.33 Å². The Morgan fingerprint density at radius 3 is 2.56 bits per heavy atom. The molecule has 0 fully saturated rings. The smallest absolute Gasteiger partial charge is 0.323 e. The SMILES string of the molecule is CNc1nc(N)nc2c1ncn2[C@@H](C)O[C@H](CO[PH](=O)N[C@@H](C)C(=O)OC(C)C)C(C)O. The zero-order chi connectivity index (χ0) is 24.0. The fraction of sp³-hybridized carbons (Fsp3) is 0.667. The highest BCUT2D eigenvalue weighted by Gasteiger charge is 2.24. The van der Waals surface area contributed by atoms with E-state index < -0.39 is 38.6 Å². The van der Waals surface area contributed by atoms with Gasteiger partial charge in [0.05, 0.1) is 25.1 Å². The molecule has 5 atom stereocenters. The van der Waals surface area contributed by atoms with E-state index in [1.54, 1.807) is 32.4 Å². The van der Waals surface area contributed by atoms with Gasteiger partial charge in [-0.3, -0.25) is 13.9 Å². The van der Waals surface area contributed by atoms with E-state index in [4.69, 9.17) is 19.7 Å². The quantitative estimate of drug-likeness (QED) is 0.255. The Kier molecular flexibility index (Phi) is 9.34. The molecule has 2 aromatic rings. The van der Waals surface area contributed by atoms with Gasteiger partial charge >= 0.3 is 5.97 Å². The van der Waals surface area contributed by atoms with E-state index in [0.29, 0.717) is 17.0 Å². The Hall–Kier alpha value is -2.31. The van der Waals surface area contributed by atoms with E-state index >= 15 is 0 Å². The van der Waals surface area contributed by atoms with E-state index in [0.717, 1.165) is 0 Å². The number of hydrogen-bond acceptors (Lipinski definition) is 11. The third-order valence-electron chi connectivity index (χ3n) is 4.40. The predicted octanol–water partition coefficient (Wildman–Crippen LogP) is 1.07. The Balaban J connectivity index is 2.02. The number of nitrogens with one attached hydrogen (secondary N) is 2. The molecule has 2 rings (SSSR count). The summed E-state index contributed by atoms with van der Waals surface area (Å²) in [6.07, 6.45) is -1.13. The van der Waals surface area contributed by atoms with Crippen LogP contribution in [0.5, 0.6) is 0 Å². The van der Waals surface area contributed by atoms with Gasteiger partial charge in [-0.25, -0.2) is 10.1 Å². The number of esters is 1. The van der Waals surface area contributed by atoms with Crippen LogP contribution in [0.3, 0.4) is 0 Å². The maximum atomic E-state index is 12.2. The summed E-state index contributed by atoms with van der Waals surface area (Å²) in [5.74, 6) is 0.0118. The Bertz CT molecular complexity index is 938. The Morgan fingerprint density at radius 1 is 1.28 bits per heavy atom. The molecular formula is C18H32N7O6P. The average Bonchev–Trinajstić information content (AvgIpc) is 3.13. The Labute approximate surface area is 187 Å². The van der Waals surface area contributed by atoms with Gasteiger partial charge in [-0.1, -0.05) is 0 Å². The number of anilines is 2. The minimum Gasteiger partial charge on any atom is -0.462 e. The van der Waals surface area contributed by atoms with Crippen molar-refractivity contribution in [2.75, 3.05) is 24.7 Å². The van der Waals surface area contributed by atoms with Crippen molar-refractivity contribution in [1.82, 2.24) is 24.6 Å². The summed E-state index contributed by atoms with van der Waals surface area (Å²) in [4.78, 5) is 24.4. The maximum Gasteiger partial charge on any atom is 0.323 e. The third kappa shape index (κ3) is 6.84. The molecule has 0 saturated carbocycles. The summed E-state index contributed by atoms with van der Waals surface area (Å²) in [5, 5.41) is 15.6. The number of imidazole rings is 1. The molecular weight excluding hydrogens is 441 g/mol. The number of aromatic nitrogens is 4. The molecule has 14 heteroatoms. The summed E-state index contributed by atoms with van der Waals surface area (Å²) in [5.41, 5.74) is 6.73. The second-order valence-corrected chi connectivity index (χ2v) is 8.62. The molecule has 0 aliphatic rings. The van der Waals surface area contributed by atoms with Crippen molar-refractivity contribution >= 4 is 37.1 Å². The van der Waals surface area contributed by atoms with Crippen molar-refractivity contribution in [2.45, 2.75) is 65.2 Å². The summed E-state index contributed by atoms with van der Waals surface area (Å²) in [6.45, 7) is 8.06. The van der Waals surface area contributed by atoms with Crippen LogP contribution in [-0.4, -0.2) is 68.6 Å². The first kappa shape index (κ1) is 25.9. The second kappa shape index (κ2) is 11.5. The van der Waals surface area contributed by atoms with Crippen LogP contribution in [-0.2, 0) is 23.4 Å². The lowest BCUT2D eigenvalue weighted by atomic mass is 10.2. The predicted molar refractivity (Wildman–Crippen MR) is 119 cm³/mol. The van der Waals surface area contributed by atoms with Crippen molar-refractivity contribution < 1.29 is 28.5 Å². The molecule has 180 valence electrons. The number of aliphatic hydroxyl groups is 1. The molecule has 0 saturated heterocycles. The summed E-state index contributed by atoms with van der Waals surface area (Å²) >= 11 is 0. The highest BCUT2D eigenvalue weighted by atomic mass is 31.1. The standard InChI is InChI=1S/C18H32N7O6P/c1-9(2)30-17(27)10(3)24-32(28)29-7-13(11(4)26)31-12(5)25-8-21-14-15(20-6)22-18(19)23-16(14)25/h8-13,26,32H,7H2,1-6H3,(H,24,28)(H3,19,20,22,23)/t10-,11?,12+,13+/m0/s1. The van der Waals surface area contributed by atoms with Crippen molar-refractivity contribution in [3.63, 3.8) is 0 Å². The molecule has 0 aliphatic heterocycles. The lowest BCUT2D eigenvalue weighted by Gasteiger charge is -2.25. The van der Waals surface area contributed by atoms with Crippen molar-refractivity contribution in [2.24, 2.45) is 0 Å². The number of hydrogen-bond donors (Lipinski definition) is 4. The topological polar surface area (TPSA) is 176 Å². The van der Waals surface area contributed by atoms with E-state index in [1.807, 2.05) is 0 Å². The molecule has 0 bridgehead atoms. The molecule has 32 heavy (non-hydrogen) atoms. The molecule has 5 N–H and O–H groups in total. The average molecular weight is 473 g/mol. The normalized spacial score (nSPS) is 16.5. The minimum absolute atomic E-state index is 0.0704. The van der Waals surface area contributed by atoms with Gasteiger partial charge in [0.2, 0.25) is 5.95 Å². The van der Waals surface area contributed by atoms with Crippen LogP contribution in [0, 0.1) is 0 Å². The number of nitrogen functional groups attached to an aromatic ring is 1. The van der Waals surface area contributed by atoms with Gasteiger partial charge in [-0.2, -0.15) is 9.97 Å². The summed E-state index contributed by atoms with van der Waals surface area (Å²) < 4.78 is 30.1. The molecule has 2 unspecified atom stereocenters. The number of nitrogens with zero attached hydrogens (tertiary/aromatic N) is 4. The van der Waals surface area contributed by atoms with E-state index in [9.17, 15) is 14.5 Å². The summed E-state index contributed by atoms with van der Waals surface area (Å²) in [7, 11) is -1.10. The highest BCUT2D eigenvalue weighted by Crippen LogP contribution is 2.25. The van der Waals surface area contributed by atoms with Crippen molar-refractivity contribution in [3.8, 4) is 0 Å². The lowest BCUT2D eigenvalue weighted by Crippen LogP contribution is -2.35. The van der Waals surface area contributed by atoms with Crippen LogP contribution in [0.2, 0.25) is 0 Å². The fourth-order valence-electron chi connectivity index (χ4n) is 2.75. The molecule has 0 amide bonds. The number of aliphatic hydroxyl groups excluding tert-OH is 1. The Morgan fingerprint density at radius 2 is 1.97 bits per heavy atom. The molecule has 2 aromatic heterocycles. The van der Waals surface area contributed by atoms with E-state index in [2.05, 4.69) is 25.4 Å². The van der Waals surface area contributed by atoms with Crippen LogP contribution in [0.4, 0.5) is 11.8 Å². The summed E-state index contributed by atoms with van der Waals surface area (Å²) in [6, 6.07) is -0.808. The minimum atomic E-state index is -2.79. The first-order valence-corrected chi connectivity index (χ1v) is 11.5. The van der Waals surface area contributed by atoms with E-state index in [1.165, 1.54) is 20.2 Å². The highest BCUT2D eigenvalue weighted by molar-refractivity contribution is 7.36. The zero-order valence-corrected chi connectivity index (χ0v) is 20.0. The largest absolute Gasteiger partial charge is 0.462 e. The van der Waals surface area contributed by atoms with Gasteiger partial charge in [0.1, 0.15) is 18.4 Å². The van der Waals surface area contributed by atoms with Crippen LogP contribution in [0.1, 0.15) is 40.8 Å². The number of carbonyl (C=O) groups is 1. The molecule has 0 spiro atoms. The molecule has 0 radical (unpaired) electrons. The number of rotatable bonds is 12. The van der Waals surface area contributed by atoms with Crippen LogP contribution >= 0.6 is 8.18 Å². The molecule has 0 aliphatic carbocycles. The van der Waals surface area contributed by atoms with Gasteiger partial charge in [0.25, 0.3) is 8.18 Å². The first-order valence-electron chi connectivity index (χ1n) is 10.2. The van der Waals surface area contributed by atoms with Crippen LogP contribution < -0.4 is 16.1 Å². The zero-order valence-electron chi connectivity index (χ0n) is 19.0. The number of ether oxygens (including phenoxy) is 2. The molecule has 13 nitrogen and oxygen atoms in total. The number of carbonyl (C=O) groups excluding carboxylic acids is 1. The second-order valence-electron chi connectivity index (χ2n) is 7.47. The monoisotopic (exact) mass is 473 g/mol. The lowest BCUT2D eigenvalue weighted by molar-refractivity contribution is -0.149. The molecule has 0 aromatic carbocycles. The van der Waals surface area contributed by atoms with Gasteiger partial charge < -0.3 is 30.2 Å². The van der Waals surface area contributed by atoms with Crippen molar-refractivity contribution in [3.05, 3.63) is 6.33 Å². The van der Waals surface area contributed by atoms with Gasteiger partial charge in [-0.05, 0) is 34.6 Å².